The van der Waals surface area contributed by atoms with Gasteiger partial charge in [0.05, 0.1) is 17.8 Å². The second-order valence-electron chi connectivity index (χ2n) is 6.88. The molecule has 1 fully saturated rings. The minimum absolute atomic E-state index is 0.350. The zero-order valence-corrected chi connectivity index (χ0v) is 14.0. The molecule has 0 N–H and O–H groups in total. The molecule has 0 radical (unpaired) electrons. The van der Waals surface area contributed by atoms with Crippen molar-refractivity contribution in [3.63, 3.8) is 0 Å². The molecule has 2 aromatic carbocycles. The predicted molar refractivity (Wildman–Crippen MR) is 93.9 cm³/mol. The fraction of sp³-hybridized carbons (Fsp3) is 0.316. The van der Waals surface area contributed by atoms with Crippen molar-refractivity contribution in [1.82, 2.24) is 0 Å². The standard InChI is InChI=1S/C19H20BNO2/c1-18(2)19(3,4)23-20(22-18)16-10-6-8-14(12-16)15-9-7-11-17(13-15)21-5/h6-13H,1-4H3. The summed E-state index contributed by atoms with van der Waals surface area (Å²) < 4.78 is 12.2. The van der Waals surface area contributed by atoms with Crippen molar-refractivity contribution in [2.24, 2.45) is 0 Å². The van der Waals surface area contributed by atoms with Gasteiger partial charge in [0, 0.05) is 0 Å². The van der Waals surface area contributed by atoms with Crippen LogP contribution in [0.5, 0.6) is 0 Å². The maximum absolute atomic E-state index is 7.15. The van der Waals surface area contributed by atoms with E-state index in [2.05, 4.69) is 38.6 Å². The van der Waals surface area contributed by atoms with Crippen molar-refractivity contribution >= 4 is 18.3 Å². The number of rotatable bonds is 2. The lowest BCUT2D eigenvalue weighted by molar-refractivity contribution is 0.00578. The largest absolute Gasteiger partial charge is 0.494 e. The van der Waals surface area contributed by atoms with Gasteiger partial charge in [-0.1, -0.05) is 42.5 Å². The SMILES string of the molecule is [C-]#[N+]c1cccc(-c2cccc(B3OC(C)(C)C(C)(C)O3)c2)c1. The molecular weight excluding hydrogens is 285 g/mol. The summed E-state index contributed by atoms with van der Waals surface area (Å²) in [5.41, 5.74) is 3.02. The Labute approximate surface area is 138 Å². The Bertz CT molecular complexity index is 761. The molecule has 0 aromatic heterocycles. The molecule has 116 valence electrons. The van der Waals surface area contributed by atoms with E-state index < -0.39 is 0 Å². The predicted octanol–water partition coefficient (Wildman–Crippen LogP) is 4.20. The van der Waals surface area contributed by atoms with Gasteiger partial charge in [0.2, 0.25) is 0 Å². The summed E-state index contributed by atoms with van der Waals surface area (Å²) in [7, 11) is -0.371. The third-order valence-electron chi connectivity index (χ3n) is 4.72. The third-order valence-corrected chi connectivity index (χ3v) is 4.72. The van der Waals surface area contributed by atoms with Crippen LogP contribution in [0.25, 0.3) is 16.0 Å². The molecule has 0 amide bonds. The molecule has 0 unspecified atom stereocenters. The van der Waals surface area contributed by atoms with Gasteiger partial charge < -0.3 is 9.31 Å². The first-order chi connectivity index (χ1) is 10.8. The number of benzene rings is 2. The number of hydrogen-bond donors (Lipinski definition) is 0. The quantitative estimate of drug-likeness (QED) is 0.613. The highest BCUT2D eigenvalue weighted by molar-refractivity contribution is 6.62. The first-order valence-electron chi connectivity index (χ1n) is 7.76. The maximum Gasteiger partial charge on any atom is 0.494 e. The molecule has 23 heavy (non-hydrogen) atoms. The molecule has 2 aromatic rings. The molecule has 0 atom stereocenters. The Hall–Kier alpha value is -2.09. The van der Waals surface area contributed by atoms with E-state index in [1.807, 2.05) is 42.5 Å². The van der Waals surface area contributed by atoms with Gasteiger partial charge in [-0.15, -0.1) is 0 Å². The van der Waals surface area contributed by atoms with Crippen molar-refractivity contribution in [2.45, 2.75) is 38.9 Å². The lowest BCUT2D eigenvalue weighted by Gasteiger charge is -2.32. The molecule has 0 saturated carbocycles. The molecule has 1 saturated heterocycles. The van der Waals surface area contributed by atoms with Crippen LogP contribution in [0.1, 0.15) is 27.7 Å². The van der Waals surface area contributed by atoms with Gasteiger partial charge in [-0.3, -0.25) is 0 Å². The summed E-state index contributed by atoms with van der Waals surface area (Å²) >= 11 is 0. The van der Waals surface area contributed by atoms with Gasteiger partial charge in [-0.25, -0.2) is 4.85 Å². The smallest absolute Gasteiger partial charge is 0.399 e. The molecule has 3 nitrogen and oxygen atoms in total. The van der Waals surface area contributed by atoms with Crippen LogP contribution in [0.2, 0.25) is 0 Å². The van der Waals surface area contributed by atoms with Gasteiger partial charge >= 0.3 is 7.12 Å². The summed E-state index contributed by atoms with van der Waals surface area (Å²) in [5, 5.41) is 0. The molecule has 0 spiro atoms. The molecule has 1 aliphatic heterocycles. The maximum atomic E-state index is 7.15. The zero-order valence-electron chi connectivity index (χ0n) is 14.0. The van der Waals surface area contributed by atoms with Crippen LogP contribution in [-0.2, 0) is 9.31 Å². The summed E-state index contributed by atoms with van der Waals surface area (Å²) in [6.07, 6.45) is 0. The fourth-order valence-electron chi connectivity index (χ4n) is 2.60. The first-order valence-corrected chi connectivity index (χ1v) is 7.76. The molecule has 0 aliphatic carbocycles. The third kappa shape index (κ3) is 2.90. The molecule has 4 heteroatoms. The topological polar surface area (TPSA) is 22.8 Å². The van der Waals surface area contributed by atoms with E-state index in [4.69, 9.17) is 15.9 Å². The molecule has 1 aliphatic rings. The lowest BCUT2D eigenvalue weighted by atomic mass is 9.78. The fourth-order valence-corrected chi connectivity index (χ4v) is 2.60. The Balaban J connectivity index is 1.94. The van der Waals surface area contributed by atoms with Crippen LogP contribution in [0, 0.1) is 6.57 Å². The van der Waals surface area contributed by atoms with Gasteiger partial charge in [0.15, 0.2) is 5.69 Å². The van der Waals surface area contributed by atoms with Gasteiger partial charge in [0.1, 0.15) is 0 Å². The second kappa shape index (κ2) is 5.52. The average Bonchev–Trinajstić information content (AvgIpc) is 2.76. The Morgan fingerprint density at radius 3 is 2.04 bits per heavy atom. The minimum atomic E-state index is -0.371. The van der Waals surface area contributed by atoms with Crippen LogP contribution in [0.3, 0.4) is 0 Å². The van der Waals surface area contributed by atoms with E-state index in [1.165, 1.54) is 0 Å². The molecule has 0 bridgehead atoms. The van der Waals surface area contributed by atoms with Crippen molar-refractivity contribution in [3.8, 4) is 11.1 Å². The molecule has 3 rings (SSSR count). The van der Waals surface area contributed by atoms with Gasteiger partial charge in [-0.05, 0) is 50.4 Å². The van der Waals surface area contributed by atoms with Gasteiger partial charge in [0.25, 0.3) is 0 Å². The second-order valence-corrected chi connectivity index (χ2v) is 6.88. The Kier molecular flexibility index (Phi) is 3.79. The summed E-state index contributed by atoms with van der Waals surface area (Å²) in [6, 6.07) is 15.8. The van der Waals surface area contributed by atoms with Crippen LogP contribution >= 0.6 is 0 Å². The van der Waals surface area contributed by atoms with Crippen LogP contribution < -0.4 is 5.46 Å². The van der Waals surface area contributed by atoms with E-state index in [-0.39, 0.29) is 18.3 Å². The van der Waals surface area contributed by atoms with Crippen molar-refractivity contribution < 1.29 is 9.31 Å². The first kappa shape index (κ1) is 15.8. The van der Waals surface area contributed by atoms with Crippen LogP contribution in [-0.4, -0.2) is 18.3 Å². The average molecular weight is 305 g/mol. The summed E-state index contributed by atoms with van der Waals surface area (Å²) in [5.74, 6) is 0. The van der Waals surface area contributed by atoms with Crippen molar-refractivity contribution in [1.29, 1.82) is 0 Å². The van der Waals surface area contributed by atoms with Crippen LogP contribution in [0.15, 0.2) is 48.5 Å². The highest BCUT2D eigenvalue weighted by atomic mass is 16.7. The molecular formula is C19H20BNO2. The van der Waals surface area contributed by atoms with Crippen molar-refractivity contribution in [2.75, 3.05) is 0 Å². The highest BCUT2D eigenvalue weighted by Crippen LogP contribution is 2.36. The van der Waals surface area contributed by atoms with Crippen molar-refractivity contribution in [3.05, 3.63) is 59.9 Å². The monoisotopic (exact) mass is 305 g/mol. The zero-order chi connectivity index (χ0) is 16.7. The van der Waals surface area contributed by atoms with E-state index in [0.717, 1.165) is 16.6 Å². The van der Waals surface area contributed by atoms with Crippen LogP contribution in [0.4, 0.5) is 5.69 Å². The van der Waals surface area contributed by atoms with E-state index in [0.29, 0.717) is 5.69 Å². The normalized spacial score (nSPS) is 18.7. The lowest BCUT2D eigenvalue weighted by Crippen LogP contribution is -2.41. The summed E-state index contributed by atoms with van der Waals surface area (Å²) in [6.45, 7) is 15.4. The number of hydrogen-bond acceptors (Lipinski definition) is 2. The van der Waals surface area contributed by atoms with Gasteiger partial charge in [-0.2, -0.15) is 0 Å². The van der Waals surface area contributed by atoms with E-state index in [9.17, 15) is 0 Å². The molecule has 1 heterocycles. The summed E-state index contributed by atoms with van der Waals surface area (Å²) in [4.78, 5) is 3.50. The Morgan fingerprint density at radius 2 is 1.43 bits per heavy atom. The van der Waals surface area contributed by atoms with E-state index >= 15 is 0 Å². The van der Waals surface area contributed by atoms with E-state index in [1.54, 1.807) is 0 Å². The minimum Gasteiger partial charge on any atom is -0.399 e. The Morgan fingerprint density at radius 1 is 0.870 bits per heavy atom. The highest BCUT2D eigenvalue weighted by Gasteiger charge is 2.51. The number of nitrogens with zero attached hydrogens (tertiary/aromatic N) is 1.